The van der Waals surface area contributed by atoms with Crippen molar-refractivity contribution in [2.24, 2.45) is 0 Å². The van der Waals surface area contributed by atoms with Gasteiger partial charge in [-0.05, 0) is 23.6 Å². The molecule has 0 radical (unpaired) electrons. The maximum absolute atomic E-state index is 3.34. The Morgan fingerprint density at radius 3 is 3.31 bits per heavy atom. The van der Waals surface area contributed by atoms with Gasteiger partial charge >= 0.3 is 0 Å². The molecule has 0 bridgehead atoms. The third-order valence-corrected chi connectivity index (χ3v) is 4.04. The van der Waals surface area contributed by atoms with E-state index in [4.69, 9.17) is 0 Å². The first-order valence-electron chi connectivity index (χ1n) is 4.59. The maximum atomic E-state index is 3.34. The molecule has 2 aromatic rings. The summed E-state index contributed by atoms with van der Waals surface area (Å²) in [5.74, 6) is 1.90. The quantitative estimate of drug-likeness (QED) is 0.671. The van der Waals surface area contributed by atoms with Crippen molar-refractivity contribution in [1.29, 1.82) is 0 Å². The molecule has 1 unspecified atom stereocenters. The Labute approximate surface area is 81.5 Å². The standard InChI is InChI=1S/C11H11NS/c1-7-6-13-10-4-2-3-9-11(10)8(7)5-12-9/h2-5,7,12H,6H2,1H3. The van der Waals surface area contributed by atoms with Crippen LogP contribution in [0.5, 0.6) is 0 Å². The molecular weight excluding hydrogens is 178 g/mol. The maximum Gasteiger partial charge on any atom is 0.0468 e. The monoisotopic (exact) mass is 189 g/mol. The molecule has 0 spiro atoms. The number of benzene rings is 1. The summed E-state index contributed by atoms with van der Waals surface area (Å²) in [6.07, 6.45) is 2.17. The van der Waals surface area contributed by atoms with Crippen molar-refractivity contribution < 1.29 is 0 Å². The van der Waals surface area contributed by atoms with Crippen LogP contribution in [0.3, 0.4) is 0 Å². The van der Waals surface area contributed by atoms with Gasteiger partial charge in [0.25, 0.3) is 0 Å². The zero-order valence-corrected chi connectivity index (χ0v) is 8.32. The molecule has 1 aliphatic rings. The van der Waals surface area contributed by atoms with Gasteiger partial charge in [-0.3, -0.25) is 0 Å². The molecule has 0 aliphatic carbocycles. The zero-order valence-electron chi connectivity index (χ0n) is 7.50. The molecular formula is C11H11NS. The molecule has 1 N–H and O–H groups in total. The topological polar surface area (TPSA) is 15.8 Å². The summed E-state index contributed by atoms with van der Waals surface area (Å²) in [7, 11) is 0. The van der Waals surface area contributed by atoms with Crippen LogP contribution in [0.1, 0.15) is 18.4 Å². The van der Waals surface area contributed by atoms with Gasteiger partial charge in [0.2, 0.25) is 0 Å². The van der Waals surface area contributed by atoms with E-state index in [9.17, 15) is 0 Å². The van der Waals surface area contributed by atoms with E-state index in [0.29, 0.717) is 5.92 Å². The number of hydrogen-bond donors (Lipinski definition) is 1. The summed E-state index contributed by atoms with van der Waals surface area (Å²) in [6.45, 7) is 2.30. The molecule has 0 saturated carbocycles. The molecule has 1 aliphatic heterocycles. The van der Waals surface area contributed by atoms with Gasteiger partial charge in [-0.1, -0.05) is 13.0 Å². The average molecular weight is 189 g/mol. The van der Waals surface area contributed by atoms with Crippen LogP contribution in [0.25, 0.3) is 10.9 Å². The zero-order chi connectivity index (χ0) is 8.84. The van der Waals surface area contributed by atoms with Crippen LogP contribution in [0, 0.1) is 0 Å². The van der Waals surface area contributed by atoms with Gasteiger partial charge in [-0.2, -0.15) is 0 Å². The molecule has 13 heavy (non-hydrogen) atoms. The van der Waals surface area contributed by atoms with Crippen LogP contribution < -0.4 is 0 Å². The van der Waals surface area contributed by atoms with Crippen molar-refractivity contribution >= 4 is 22.7 Å². The lowest BCUT2D eigenvalue weighted by molar-refractivity contribution is 0.881. The van der Waals surface area contributed by atoms with Crippen LogP contribution >= 0.6 is 11.8 Å². The fourth-order valence-corrected chi connectivity index (χ4v) is 3.15. The van der Waals surface area contributed by atoms with Crippen LogP contribution in [0.15, 0.2) is 29.3 Å². The molecule has 0 fully saturated rings. The minimum atomic E-state index is 0.689. The fraction of sp³-hybridized carbons (Fsp3) is 0.273. The van der Waals surface area contributed by atoms with E-state index < -0.39 is 0 Å². The number of nitrogens with one attached hydrogen (secondary N) is 1. The number of rotatable bonds is 0. The summed E-state index contributed by atoms with van der Waals surface area (Å²) < 4.78 is 0. The van der Waals surface area contributed by atoms with Gasteiger partial charge < -0.3 is 4.98 Å². The lowest BCUT2D eigenvalue weighted by atomic mass is 10.0. The summed E-state index contributed by atoms with van der Waals surface area (Å²) in [6, 6.07) is 6.50. The van der Waals surface area contributed by atoms with Crippen molar-refractivity contribution in [1.82, 2.24) is 4.98 Å². The lowest BCUT2D eigenvalue weighted by Gasteiger charge is -2.17. The Morgan fingerprint density at radius 1 is 1.46 bits per heavy atom. The highest BCUT2D eigenvalue weighted by Gasteiger charge is 2.19. The second-order valence-corrected chi connectivity index (χ2v) is 4.70. The van der Waals surface area contributed by atoms with Crippen LogP contribution in [-0.2, 0) is 0 Å². The summed E-state index contributed by atoms with van der Waals surface area (Å²) >= 11 is 1.97. The minimum Gasteiger partial charge on any atom is -0.361 e. The molecule has 1 aromatic carbocycles. The van der Waals surface area contributed by atoms with E-state index >= 15 is 0 Å². The van der Waals surface area contributed by atoms with Crippen molar-refractivity contribution in [2.75, 3.05) is 5.75 Å². The highest BCUT2D eigenvalue weighted by Crippen LogP contribution is 2.40. The summed E-state index contributed by atoms with van der Waals surface area (Å²) in [4.78, 5) is 4.77. The molecule has 0 amide bonds. The molecule has 1 atom stereocenters. The Morgan fingerprint density at radius 2 is 2.38 bits per heavy atom. The highest BCUT2D eigenvalue weighted by atomic mass is 32.2. The van der Waals surface area contributed by atoms with Gasteiger partial charge in [0.15, 0.2) is 0 Å². The van der Waals surface area contributed by atoms with Gasteiger partial charge in [0, 0.05) is 27.7 Å². The van der Waals surface area contributed by atoms with Crippen LogP contribution in [0.4, 0.5) is 0 Å². The normalized spacial score (nSPS) is 20.8. The second kappa shape index (κ2) is 2.55. The molecule has 3 rings (SSSR count). The second-order valence-electron chi connectivity index (χ2n) is 3.63. The Balaban J connectivity index is 2.45. The molecule has 1 nitrogen and oxygen atoms in total. The predicted molar refractivity (Wildman–Crippen MR) is 57.4 cm³/mol. The molecule has 66 valence electrons. The number of aromatic nitrogens is 1. The van der Waals surface area contributed by atoms with Crippen molar-refractivity contribution in [3.63, 3.8) is 0 Å². The molecule has 2 heteroatoms. The first-order valence-corrected chi connectivity index (χ1v) is 5.57. The van der Waals surface area contributed by atoms with Gasteiger partial charge in [0.05, 0.1) is 0 Å². The first kappa shape index (κ1) is 7.51. The smallest absolute Gasteiger partial charge is 0.0468 e. The van der Waals surface area contributed by atoms with Gasteiger partial charge in [-0.15, -0.1) is 11.8 Å². The molecule has 2 heterocycles. The number of hydrogen-bond acceptors (Lipinski definition) is 1. The summed E-state index contributed by atoms with van der Waals surface area (Å²) in [5, 5.41) is 1.45. The fourth-order valence-electron chi connectivity index (χ4n) is 1.99. The predicted octanol–water partition coefficient (Wildman–Crippen LogP) is 3.38. The molecule has 1 aromatic heterocycles. The number of aromatic amines is 1. The van der Waals surface area contributed by atoms with Gasteiger partial charge in [-0.25, -0.2) is 0 Å². The van der Waals surface area contributed by atoms with Crippen LogP contribution in [-0.4, -0.2) is 10.7 Å². The lowest BCUT2D eigenvalue weighted by Crippen LogP contribution is -2.00. The third kappa shape index (κ3) is 0.953. The first-order chi connectivity index (χ1) is 6.36. The van der Waals surface area contributed by atoms with E-state index in [0.717, 1.165) is 0 Å². The Kier molecular flexibility index (Phi) is 1.47. The Bertz CT molecular complexity index is 458. The average Bonchev–Trinajstić information content (AvgIpc) is 2.57. The highest BCUT2D eigenvalue weighted by molar-refractivity contribution is 7.99. The van der Waals surface area contributed by atoms with Crippen LogP contribution in [0.2, 0.25) is 0 Å². The Hall–Kier alpha value is -0.890. The molecule has 0 saturated heterocycles. The largest absolute Gasteiger partial charge is 0.361 e. The third-order valence-electron chi connectivity index (χ3n) is 2.72. The van der Waals surface area contributed by atoms with Gasteiger partial charge in [0.1, 0.15) is 0 Å². The summed E-state index contributed by atoms with van der Waals surface area (Å²) in [5.41, 5.74) is 2.77. The van der Waals surface area contributed by atoms with Crippen molar-refractivity contribution in [3.05, 3.63) is 30.0 Å². The van der Waals surface area contributed by atoms with Crippen molar-refractivity contribution in [3.8, 4) is 0 Å². The minimum absolute atomic E-state index is 0.689. The van der Waals surface area contributed by atoms with E-state index in [-0.39, 0.29) is 0 Å². The SMILES string of the molecule is CC1CSc2cccc3[nH]cc1c23. The van der Waals surface area contributed by atoms with E-state index in [2.05, 4.69) is 36.3 Å². The van der Waals surface area contributed by atoms with E-state index in [1.54, 1.807) is 0 Å². The number of H-pyrrole nitrogens is 1. The van der Waals surface area contributed by atoms with E-state index in [1.165, 1.54) is 27.1 Å². The van der Waals surface area contributed by atoms with E-state index in [1.807, 2.05) is 11.8 Å². The number of thioether (sulfide) groups is 1. The van der Waals surface area contributed by atoms with Crippen molar-refractivity contribution in [2.45, 2.75) is 17.7 Å².